The molecule has 0 radical (unpaired) electrons. The maximum Gasteiger partial charge on any atom is 0.307 e. The molecule has 1 fully saturated rings. The Labute approximate surface area is 188 Å². The number of carbonyl (C=O) groups is 3. The van der Waals surface area contributed by atoms with E-state index in [-0.39, 0.29) is 11.8 Å². The van der Waals surface area contributed by atoms with Crippen LogP contribution < -0.4 is 10.6 Å². The maximum absolute atomic E-state index is 13.3. The molecule has 32 heavy (non-hydrogen) atoms. The third-order valence-electron chi connectivity index (χ3n) is 6.77. The van der Waals surface area contributed by atoms with Gasteiger partial charge in [0.05, 0.1) is 17.9 Å². The number of carboxylic acid groups (broad SMARTS) is 1. The molecular weight excluding hydrogens is 404 g/mol. The van der Waals surface area contributed by atoms with Crippen molar-refractivity contribution in [3.8, 4) is 0 Å². The molecule has 3 N–H and O–H groups in total. The van der Waals surface area contributed by atoms with Crippen LogP contribution in [-0.2, 0) is 20.8 Å². The van der Waals surface area contributed by atoms with Gasteiger partial charge in [0.1, 0.15) is 0 Å². The highest BCUT2D eigenvalue weighted by molar-refractivity contribution is 5.95. The number of nitrogens with one attached hydrogen (secondary N) is 2. The van der Waals surface area contributed by atoms with E-state index >= 15 is 0 Å². The van der Waals surface area contributed by atoms with Gasteiger partial charge in [-0.2, -0.15) is 0 Å². The Hall–Kier alpha value is -3.15. The molecule has 2 aromatic carbocycles. The first-order valence-electron chi connectivity index (χ1n) is 11.4. The van der Waals surface area contributed by atoms with Crippen molar-refractivity contribution in [1.82, 2.24) is 5.32 Å². The first kappa shape index (κ1) is 22.1. The molecule has 1 aliphatic carbocycles. The highest BCUT2D eigenvalue weighted by Crippen LogP contribution is 2.37. The molecule has 0 saturated heterocycles. The molecule has 168 valence electrons. The molecule has 6 nitrogen and oxygen atoms in total. The molecule has 2 amide bonds. The fourth-order valence-electron chi connectivity index (χ4n) is 4.90. The second-order valence-electron chi connectivity index (χ2n) is 9.17. The van der Waals surface area contributed by atoms with Gasteiger partial charge in [-0.25, -0.2) is 0 Å². The highest BCUT2D eigenvalue weighted by Gasteiger charge is 2.39. The minimum atomic E-state index is -0.912. The number of amides is 2. The van der Waals surface area contributed by atoms with Crippen molar-refractivity contribution < 1.29 is 19.5 Å². The number of hydrogen-bond acceptors (Lipinski definition) is 3. The van der Waals surface area contributed by atoms with E-state index in [1.807, 2.05) is 30.3 Å². The molecular formula is C26H30N2O4. The molecule has 1 heterocycles. The third-order valence-corrected chi connectivity index (χ3v) is 6.77. The van der Waals surface area contributed by atoms with Gasteiger partial charge in [0, 0.05) is 17.7 Å². The van der Waals surface area contributed by atoms with Crippen LogP contribution in [0.3, 0.4) is 0 Å². The summed E-state index contributed by atoms with van der Waals surface area (Å²) in [5.74, 6) is -2.00. The van der Waals surface area contributed by atoms with Crippen LogP contribution in [-0.4, -0.2) is 22.9 Å². The molecule has 1 aliphatic heterocycles. The molecule has 4 rings (SSSR count). The largest absolute Gasteiger partial charge is 0.481 e. The van der Waals surface area contributed by atoms with Gasteiger partial charge in [-0.15, -0.1) is 0 Å². The Bertz CT molecular complexity index is 1030. The molecule has 6 heteroatoms. The van der Waals surface area contributed by atoms with E-state index in [4.69, 9.17) is 0 Å². The Morgan fingerprint density at radius 1 is 1.00 bits per heavy atom. The van der Waals surface area contributed by atoms with Gasteiger partial charge in [0.25, 0.3) is 0 Å². The number of hydrogen-bond donors (Lipinski definition) is 3. The Morgan fingerprint density at radius 3 is 2.38 bits per heavy atom. The first-order valence-corrected chi connectivity index (χ1v) is 11.4. The van der Waals surface area contributed by atoms with E-state index in [1.54, 1.807) is 0 Å². The van der Waals surface area contributed by atoms with E-state index in [1.165, 1.54) is 5.56 Å². The van der Waals surface area contributed by atoms with Crippen LogP contribution in [0.2, 0.25) is 0 Å². The van der Waals surface area contributed by atoms with Crippen molar-refractivity contribution in [2.24, 2.45) is 11.8 Å². The van der Waals surface area contributed by atoms with Crippen molar-refractivity contribution in [2.45, 2.75) is 57.9 Å². The lowest BCUT2D eigenvalue weighted by Crippen LogP contribution is -2.38. The first-order chi connectivity index (χ1) is 15.3. The summed E-state index contributed by atoms with van der Waals surface area (Å²) in [6.07, 6.45) is 2.94. The molecule has 3 atom stereocenters. The Kier molecular flexibility index (Phi) is 6.31. The quantitative estimate of drug-likeness (QED) is 0.628. The number of rotatable bonds is 6. The predicted octanol–water partition coefficient (Wildman–Crippen LogP) is 4.40. The molecule has 2 aliphatic rings. The number of aliphatic carboxylic acids is 1. The number of carbonyl (C=O) groups excluding carboxylic acids is 2. The van der Waals surface area contributed by atoms with Gasteiger partial charge in [-0.3, -0.25) is 14.4 Å². The standard InChI is InChI=1S/C26H30N2O4/c1-15(2)16-9-11-18(12-10-16)24(28-25(30)19-6-4-7-20(19)26(31)32)21-8-3-5-17-13-14-22(29)27-23(17)21/h3,5,8-12,15,19-20,24H,4,6-7,13-14H2,1-2H3,(H,27,29)(H,28,30)(H,31,32). The number of carboxylic acids is 1. The van der Waals surface area contributed by atoms with Crippen LogP contribution in [0.15, 0.2) is 42.5 Å². The zero-order valence-electron chi connectivity index (χ0n) is 18.6. The lowest BCUT2D eigenvalue weighted by Gasteiger charge is -2.28. The number of anilines is 1. The zero-order valence-corrected chi connectivity index (χ0v) is 18.6. The maximum atomic E-state index is 13.3. The van der Waals surface area contributed by atoms with Crippen LogP contribution in [0.25, 0.3) is 0 Å². The number of benzene rings is 2. The number of aryl methyl sites for hydroxylation is 1. The number of para-hydroxylation sites is 1. The van der Waals surface area contributed by atoms with Gasteiger partial charge < -0.3 is 15.7 Å². The Morgan fingerprint density at radius 2 is 1.69 bits per heavy atom. The molecule has 2 aromatic rings. The summed E-state index contributed by atoms with van der Waals surface area (Å²) >= 11 is 0. The summed E-state index contributed by atoms with van der Waals surface area (Å²) in [4.78, 5) is 37.0. The summed E-state index contributed by atoms with van der Waals surface area (Å²) in [5.41, 5.74) is 4.73. The SMILES string of the molecule is CC(C)c1ccc(C(NC(=O)C2CCCC2C(=O)O)c2cccc3c2NC(=O)CC3)cc1. The average molecular weight is 435 g/mol. The van der Waals surface area contributed by atoms with Crippen molar-refractivity contribution in [3.63, 3.8) is 0 Å². The third kappa shape index (κ3) is 4.40. The van der Waals surface area contributed by atoms with Crippen molar-refractivity contribution >= 4 is 23.5 Å². The van der Waals surface area contributed by atoms with Crippen LogP contribution in [0.5, 0.6) is 0 Å². The summed E-state index contributed by atoms with van der Waals surface area (Å²) in [7, 11) is 0. The van der Waals surface area contributed by atoms with Crippen LogP contribution in [0, 0.1) is 11.8 Å². The second kappa shape index (κ2) is 9.15. The zero-order chi connectivity index (χ0) is 22.8. The van der Waals surface area contributed by atoms with E-state index < -0.39 is 23.8 Å². The van der Waals surface area contributed by atoms with E-state index in [9.17, 15) is 19.5 Å². The molecule has 3 unspecified atom stereocenters. The van der Waals surface area contributed by atoms with Gasteiger partial charge in [-0.05, 0) is 41.9 Å². The normalized spacial score (nSPS) is 21.0. The fourth-order valence-corrected chi connectivity index (χ4v) is 4.90. The average Bonchev–Trinajstić information content (AvgIpc) is 3.28. The Balaban J connectivity index is 1.72. The molecule has 0 bridgehead atoms. The van der Waals surface area contributed by atoms with Crippen LogP contribution in [0.4, 0.5) is 5.69 Å². The smallest absolute Gasteiger partial charge is 0.307 e. The van der Waals surface area contributed by atoms with Gasteiger partial charge in [-0.1, -0.05) is 62.7 Å². The van der Waals surface area contributed by atoms with Crippen molar-refractivity contribution in [3.05, 3.63) is 64.7 Å². The van der Waals surface area contributed by atoms with E-state index in [0.29, 0.717) is 31.6 Å². The minimum absolute atomic E-state index is 0.0353. The minimum Gasteiger partial charge on any atom is -0.481 e. The molecule has 1 saturated carbocycles. The van der Waals surface area contributed by atoms with E-state index in [0.717, 1.165) is 28.8 Å². The summed E-state index contributed by atoms with van der Waals surface area (Å²) in [6, 6.07) is 13.5. The topological polar surface area (TPSA) is 95.5 Å². The van der Waals surface area contributed by atoms with Gasteiger partial charge in [0.15, 0.2) is 0 Å². The monoisotopic (exact) mass is 434 g/mol. The summed E-state index contributed by atoms with van der Waals surface area (Å²) in [6.45, 7) is 4.26. The lowest BCUT2D eigenvalue weighted by atomic mass is 9.89. The van der Waals surface area contributed by atoms with Gasteiger partial charge in [0.2, 0.25) is 11.8 Å². The molecule has 0 spiro atoms. The van der Waals surface area contributed by atoms with Crippen LogP contribution in [0.1, 0.15) is 73.7 Å². The number of fused-ring (bicyclic) bond motifs is 1. The van der Waals surface area contributed by atoms with Crippen LogP contribution >= 0.6 is 0 Å². The second-order valence-corrected chi connectivity index (χ2v) is 9.17. The summed E-state index contributed by atoms with van der Waals surface area (Å²) in [5, 5.41) is 15.7. The predicted molar refractivity (Wildman–Crippen MR) is 122 cm³/mol. The molecule has 0 aromatic heterocycles. The van der Waals surface area contributed by atoms with Gasteiger partial charge >= 0.3 is 5.97 Å². The lowest BCUT2D eigenvalue weighted by molar-refractivity contribution is -0.146. The van der Waals surface area contributed by atoms with E-state index in [2.05, 4.69) is 36.6 Å². The highest BCUT2D eigenvalue weighted by atomic mass is 16.4. The fraction of sp³-hybridized carbons (Fsp3) is 0.423. The van der Waals surface area contributed by atoms with Crippen molar-refractivity contribution in [2.75, 3.05) is 5.32 Å². The van der Waals surface area contributed by atoms with Crippen molar-refractivity contribution in [1.29, 1.82) is 0 Å². The summed E-state index contributed by atoms with van der Waals surface area (Å²) < 4.78 is 0.